The van der Waals surface area contributed by atoms with E-state index in [0.29, 0.717) is 33.1 Å². The van der Waals surface area contributed by atoms with Crippen molar-refractivity contribution in [2.24, 2.45) is 5.92 Å². The van der Waals surface area contributed by atoms with E-state index in [9.17, 15) is 0 Å². The second-order valence-corrected chi connectivity index (χ2v) is 14.1. The van der Waals surface area contributed by atoms with Crippen molar-refractivity contribution in [2.75, 3.05) is 0 Å². The van der Waals surface area contributed by atoms with Crippen molar-refractivity contribution in [3.63, 3.8) is 0 Å². The third-order valence-corrected chi connectivity index (χ3v) is 9.35. The molecule has 0 unspecified atom stereocenters. The van der Waals surface area contributed by atoms with Crippen LogP contribution in [0.25, 0.3) is 55.6 Å². The minimum atomic E-state index is -2.67. The molecule has 0 N–H and O–H groups in total. The zero-order valence-electron chi connectivity index (χ0n) is 43.3. The Kier molecular flexibility index (Phi) is 7.04. The summed E-state index contributed by atoms with van der Waals surface area (Å²) in [5.41, 5.74) is 5.03. The van der Waals surface area contributed by atoms with Crippen molar-refractivity contribution >= 4 is 21.9 Å². The van der Waals surface area contributed by atoms with Gasteiger partial charge in [-0.3, -0.25) is 0 Å². The van der Waals surface area contributed by atoms with Crippen LogP contribution >= 0.6 is 0 Å². The summed E-state index contributed by atoms with van der Waals surface area (Å²) < 4.78 is 119. The van der Waals surface area contributed by atoms with Crippen molar-refractivity contribution in [2.45, 2.75) is 85.6 Å². The minimum Gasteiger partial charge on any atom is -0.501 e. The SMILES string of the molecule is [2H]C([2H])([2H])c1c[c-]c(-c2ccc(C(C)(C)C)cn2)cc1.[2H]C([2H])([2H])c1ccc2oc3c(-c4cc(-c5ccc(C([2H])([2H])C6CCCC6)cc5C([2H])([2H])[2H])c(C([2H])([2H])[2H])cn4)[c-]ccc3c2c1.[Ir]. The molecule has 3 heterocycles. The third-order valence-electron chi connectivity index (χ3n) is 9.35. The number of hydrogen-bond acceptors (Lipinski definition) is 3. The maximum Gasteiger partial charge on any atom is 0.120 e. The molecule has 4 aromatic carbocycles. The molecular weight excluding hydrogens is 813 g/mol. The van der Waals surface area contributed by atoms with Gasteiger partial charge < -0.3 is 14.4 Å². The van der Waals surface area contributed by atoms with Gasteiger partial charge in [0.1, 0.15) is 5.58 Å². The smallest absolute Gasteiger partial charge is 0.120 e. The van der Waals surface area contributed by atoms with Crippen molar-refractivity contribution < 1.29 is 43.7 Å². The Hall–Kier alpha value is -4.37. The van der Waals surface area contributed by atoms with Gasteiger partial charge in [0.05, 0.1) is 5.58 Å². The molecule has 1 aliphatic carbocycles. The Morgan fingerprint density at radius 1 is 0.769 bits per heavy atom. The molecule has 0 atom stereocenters. The normalized spacial score (nSPS) is 18.4. The van der Waals surface area contributed by atoms with E-state index in [1.165, 1.54) is 42.1 Å². The molecule has 3 aromatic heterocycles. The van der Waals surface area contributed by atoms with Crippen LogP contribution in [0.15, 0.2) is 102 Å². The standard InChI is InChI=1S/C32H30NO.C16H18N.Ir/c1-20-11-14-31-29(15-20)26-9-6-10-27(32(26)34-31)30-18-28(22(3)19-33-30)25-13-12-24(16-21(25)2)17-23-7-4-5-8-23;1-12-5-7-13(8-6-12)15-10-9-14(11-17-15)16(2,3)4;/h6,9,11-16,18-19,23H,4-5,7-8,17H2,1-3H3;5-7,9-11H,1-4H3;/q2*-1;/i1D3,2D3,3D3,17D2;1D3;. The van der Waals surface area contributed by atoms with E-state index < -0.39 is 33.8 Å². The van der Waals surface area contributed by atoms with Gasteiger partial charge in [-0.15, -0.1) is 53.6 Å². The van der Waals surface area contributed by atoms with Crippen LogP contribution in [0.5, 0.6) is 0 Å². The number of benzene rings is 4. The Labute approximate surface area is 343 Å². The van der Waals surface area contributed by atoms with Gasteiger partial charge in [-0.1, -0.05) is 112 Å². The summed E-state index contributed by atoms with van der Waals surface area (Å²) in [6, 6.07) is 28.9. The summed E-state index contributed by atoms with van der Waals surface area (Å²) in [6.07, 6.45) is 4.61. The molecule has 52 heavy (non-hydrogen) atoms. The Balaban J connectivity index is 0.000000288. The number of aromatic nitrogens is 2. The molecule has 0 bridgehead atoms. The van der Waals surface area contributed by atoms with Gasteiger partial charge in [-0.05, 0) is 95.2 Å². The molecule has 0 aliphatic heterocycles. The van der Waals surface area contributed by atoms with Crippen LogP contribution < -0.4 is 0 Å². The number of pyridine rings is 2. The van der Waals surface area contributed by atoms with Crippen molar-refractivity contribution in [3.8, 4) is 33.6 Å². The average molecular weight is 875 g/mol. The molecule has 3 nitrogen and oxygen atoms in total. The van der Waals surface area contributed by atoms with E-state index in [-0.39, 0.29) is 70.5 Å². The Morgan fingerprint density at radius 3 is 2.29 bits per heavy atom. The van der Waals surface area contributed by atoms with Crippen LogP contribution in [-0.4, -0.2) is 9.97 Å². The molecule has 0 spiro atoms. The molecule has 0 amide bonds. The van der Waals surface area contributed by atoms with Gasteiger partial charge in [-0.2, -0.15) is 0 Å². The van der Waals surface area contributed by atoms with Gasteiger partial charge in [0.15, 0.2) is 0 Å². The first kappa shape index (κ1) is 23.3. The maximum absolute atomic E-state index is 8.84. The fourth-order valence-corrected chi connectivity index (χ4v) is 6.50. The number of furan rings is 1. The minimum absolute atomic E-state index is 0. The van der Waals surface area contributed by atoms with Crippen LogP contribution in [-0.2, 0) is 31.9 Å². The predicted octanol–water partition coefficient (Wildman–Crippen LogP) is 12.9. The maximum atomic E-state index is 8.84. The molecule has 1 saturated carbocycles. The summed E-state index contributed by atoms with van der Waals surface area (Å²) in [5, 5.41) is 1.21. The number of rotatable bonds is 5. The van der Waals surface area contributed by atoms with Crippen LogP contribution in [0.3, 0.4) is 0 Å². The zero-order valence-corrected chi connectivity index (χ0v) is 31.7. The largest absolute Gasteiger partial charge is 0.501 e. The van der Waals surface area contributed by atoms with Crippen molar-refractivity contribution in [3.05, 3.63) is 143 Å². The number of fused-ring (bicyclic) bond motifs is 3. The molecule has 4 heteroatoms. The quantitative estimate of drug-likeness (QED) is 0.162. The van der Waals surface area contributed by atoms with Gasteiger partial charge in [-0.25, -0.2) is 0 Å². The summed E-state index contributed by atoms with van der Waals surface area (Å²) in [5.74, 6) is -0.228. The van der Waals surface area contributed by atoms with Gasteiger partial charge in [0.25, 0.3) is 0 Å². The molecule has 7 aromatic rings. The Bertz CT molecular complexity index is 2770. The fourth-order valence-electron chi connectivity index (χ4n) is 6.50. The van der Waals surface area contributed by atoms with E-state index in [0.717, 1.165) is 36.9 Å². The van der Waals surface area contributed by atoms with E-state index in [2.05, 4.69) is 42.9 Å². The molecule has 0 saturated heterocycles. The zero-order chi connectivity index (χ0) is 47.5. The average Bonchev–Trinajstić information content (AvgIpc) is 3.92. The molecule has 267 valence electrons. The van der Waals surface area contributed by atoms with Gasteiger partial charge >= 0.3 is 0 Å². The van der Waals surface area contributed by atoms with Gasteiger partial charge in [0, 0.05) is 57.1 Å². The van der Waals surface area contributed by atoms with Crippen molar-refractivity contribution in [1.82, 2.24) is 9.97 Å². The van der Waals surface area contributed by atoms with Crippen LogP contribution in [0.4, 0.5) is 0 Å². The first-order valence-corrected chi connectivity index (χ1v) is 17.2. The monoisotopic (exact) mass is 875 g/mol. The summed E-state index contributed by atoms with van der Waals surface area (Å²) in [4.78, 5) is 8.87. The van der Waals surface area contributed by atoms with E-state index in [4.69, 9.17) is 23.6 Å². The number of hydrogen-bond donors (Lipinski definition) is 0. The van der Waals surface area contributed by atoms with Crippen molar-refractivity contribution in [1.29, 1.82) is 0 Å². The fraction of sp³-hybridized carbons (Fsp3) is 0.292. The first-order valence-electron chi connectivity index (χ1n) is 24.2. The first-order chi connectivity index (χ1) is 30.1. The third kappa shape index (κ3) is 8.15. The number of nitrogens with zero attached hydrogens (tertiary/aromatic N) is 2. The summed E-state index contributed by atoms with van der Waals surface area (Å²) in [7, 11) is 0. The second-order valence-electron chi connectivity index (χ2n) is 14.1. The summed E-state index contributed by atoms with van der Waals surface area (Å²) in [6.45, 7) is -3.28. The molecule has 1 radical (unpaired) electrons. The topological polar surface area (TPSA) is 38.9 Å². The molecular formula is C48H48IrN2O-2. The van der Waals surface area contributed by atoms with Gasteiger partial charge in [0.2, 0.25) is 0 Å². The molecule has 1 fully saturated rings. The number of aryl methyl sites for hydroxylation is 4. The summed E-state index contributed by atoms with van der Waals surface area (Å²) >= 11 is 0. The molecule has 8 rings (SSSR count). The molecule has 1 aliphatic rings. The predicted molar refractivity (Wildman–Crippen MR) is 213 cm³/mol. The van der Waals surface area contributed by atoms with E-state index in [1.807, 2.05) is 18.3 Å². The second kappa shape index (κ2) is 15.7. The van der Waals surface area contributed by atoms with Crippen LogP contribution in [0.1, 0.15) is 99.0 Å². The Morgan fingerprint density at radius 2 is 1.58 bits per heavy atom. The van der Waals surface area contributed by atoms with E-state index >= 15 is 0 Å². The van der Waals surface area contributed by atoms with Crippen LogP contribution in [0, 0.1) is 45.5 Å². The van der Waals surface area contributed by atoms with E-state index in [1.54, 1.807) is 42.5 Å². The van der Waals surface area contributed by atoms with Crippen LogP contribution in [0.2, 0.25) is 0 Å².